The summed E-state index contributed by atoms with van der Waals surface area (Å²) in [6.07, 6.45) is 1.68. The second kappa shape index (κ2) is 6.29. The van der Waals surface area contributed by atoms with Crippen LogP contribution in [0.3, 0.4) is 0 Å². The van der Waals surface area contributed by atoms with Crippen molar-refractivity contribution in [3.05, 3.63) is 48.2 Å². The van der Waals surface area contributed by atoms with Crippen molar-refractivity contribution in [2.24, 2.45) is 0 Å². The van der Waals surface area contributed by atoms with Gasteiger partial charge in [-0.1, -0.05) is 0 Å². The largest absolute Gasteiger partial charge is 0.369 e. The van der Waals surface area contributed by atoms with E-state index < -0.39 is 0 Å². The maximum Gasteiger partial charge on any atom is 0.256 e. The van der Waals surface area contributed by atoms with Gasteiger partial charge >= 0.3 is 0 Å². The van der Waals surface area contributed by atoms with Gasteiger partial charge in [0.15, 0.2) is 5.82 Å². The number of carbonyl (C=O) groups excluding carboxylic acids is 1. The van der Waals surface area contributed by atoms with E-state index in [0.29, 0.717) is 16.9 Å². The van der Waals surface area contributed by atoms with Crippen LogP contribution in [0.25, 0.3) is 11.0 Å². The van der Waals surface area contributed by atoms with Crippen molar-refractivity contribution in [3.8, 4) is 0 Å². The van der Waals surface area contributed by atoms with E-state index in [1.54, 1.807) is 6.20 Å². The Balaban J connectivity index is 1.50. The maximum absolute atomic E-state index is 12.4. The van der Waals surface area contributed by atoms with E-state index in [1.807, 2.05) is 36.4 Å². The van der Waals surface area contributed by atoms with Crippen LogP contribution in [0.1, 0.15) is 10.4 Å². The summed E-state index contributed by atoms with van der Waals surface area (Å²) >= 11 is 0. The fourth-order valence-electron chi connectivity index (χ4n) is 2.87. The Kier molecular flexibility index (Phi) is 3.84. The van der Waals surface area contributed by atoms with Crippen molar-refractivity contribution >= 4 is 28.4 Å². The number of H-pyrrole nitrogens is 1. The molecule has 0 bridgehead atoms. The van der Waals surface area contributed by atoms with Gasteiger partial charge in [0, 0.05) is 43.6 Å². The number of nitrogens with one attached hydrogen (secondary N) is 3. The van der Waals surface area contributed by atoms with Crippen LogP contribution in [0.15, 0.2) is 42.6 Å². The quantitative estimate of drug-likeness (QED) is 0.682. The number of pyridine rings is 1. The summed E-state index contributed by atoms with van der Waals surface area (Å²) < 4.78 is 0. The van der Waals surface area contributed by atoms with E-state index >= 15 is 0 Å². The van der Waals surface area contributed by atoms with Crippen LogP contribution in [0, 0.1) is 0 Å². The molecule has 1 fully saturated rings. The van der Waals surface area contributed by atoms with Gasteiger partial charge in [0.05, 0.1) is 5.52 Å². The highest BCUT2D eigenvalue weighted by molar-refractivity contribution is 6.07. The van der Waals surface area contributed by atoms with E-state index in [4.69, 9.17) is 0 Å². The van der Waals surface area contributed by atoms with Gasteiger partial charge in [-0.2, -0.15) is 5.10 Å². The summed E-state index contributed by atoms with van der Waals surface area (Å²) in [6.45, 7) is 3.94. The van der Waals surface area contributed by atoms with Gasteiger partial charge in [0.25, 0.3) is 5.91 Å². The monoisotopic (exact) mass is 322 g/mol. The highest BCUT2D eigenvalue weighted by atomic mass is 16.1. The summed E-state index contributed by atoms with van der Waals surface area (Å²) in [7, 11) is 0. The van der Waals surface area contributed by atoms with Crippen LogP contribution in [0.5, 0.6) is 0 Å². The summed E-state index contributed by atoms with van der Waals surface area (Å²) in [5.41, 5.74) is 3.19. The second-order valence-corrected chi connectivity index (χ2v) is 5.71. The third kappa shape index (κ3) is 2.81. The molecule has 0 radical (unpaired) electrons. The first-order valence-corrected chi connectivity index (χ1v) is 7.97. The Morgan fingerprint density at radius 1 is 1.12 bits per heavy atom. The first kappa shape index (κ1) is 14.6. The zero-order chi connectivity index (χ0) is 16.4. The molecule has 0 aliphatic carbocycles. The number of aromatic nitrogens is 3. The van der Waals surface area contributed by atoms with E-state index in [9.17, 15) is 4.79 Å². The Bertz CT molecular complexity index is 851. The van der Waals surface area contributed by atoms with Gasteiger partial charge in [-0.3, -0.25) is 14.9 Å². The average molecular weight is 322 g/mol. The van der Waals surface area contributed by atoms with Gasteiger partial charge in [0.1, 0.15) is 5.52 Å². The zero-order valence-electron chi connectivity index (χ0n) is 13.1. The second-order valence-electron chi connectivity index (χ2n) is 5.71. The maximum atomic E-state index is 12.4. The van der Waals surface area contributed by atoms with Crippen LogP contribution >= 0.6 is 0 Å². The molecule has 1 amide bonds. The van der Waals surface area contributed by atoms with Crippen LogP contribution in [-0.2, 0) is 0 Å². The fraction of sp³-hybridized carbons (Fsp3) is 0.235. The third-order valence-electron chi connectivity index (χ3n) is 4.16. The Labute approximate surface area is 139 Å². The van der Waals surface area contributed by atoms with Crippen molar-refractivity contribution in [2.45, 2.75) is 0 Å². The highest BCUT2D eigenvalue weighted by Crippen LogP contribution is 2.19. The molecule has 1 saturated heterocycles. The number of rotatable bonds is 3. The minimum absolute atomic E-state index is 0.194. The number of anilines is 2. The Hall–Kier alpha value is -2.93. The molecular weight excluding hydrogens is 304 g/mol. The van der Waals surface area contributed by atoms with Crippen molar-refractivity contribution < 1.29 is 4.79 Å². The first-order valence-electron chi connectivity index (χ1n) is 7.97. The molecule has 0 atom stereocenters. The summed E-state index contributed by atoms with van der Waals surface area (Å²) in [5.74, 6) is 0.252. The van der Waals surface area contributed by atoms with Gasteiger partial charge in [-0.25, -0.2) is 0 Å². The molecule has 7 nitrogen and oxygen atoms in total. The molecule has 0 spiro atoms. The Morgan fingerprint density at radius 3 is 2.71 bits per heavy atom. The van der Waals surface area contributed by atoms with Crippen molar-refractivity contribution in [1.29, 1.82) is 0 Å². The van der Waals surface area contributed by atoms with Gasteiger partial charge in [-0.15, -0.1) is 0 Å². The van der Waals surface area contributed by atoms with E-state index in [0.717, 1.165) is 37.4 Å². The molecule has 4 rings (SSSR count). The van der Waals surface area contributed by atoms with Crippen LogP contribution in [0.4, 0.5) is 11.5 Å². The average Bonchev–Trinajstić information content (AvgIpc) is 3.06. The molecule has 3 aromatic rings. The van der Waals surface area contributed by atoms with Gasteiger partial charge in [-0.05, 0) is 36.4 Å². The van der Waals surface area contributed by atoms with Crippen LogP contribution < -0.4 is 15.5 Å². The van der Waals surface area contributed by atoms with Crippen molar-refractivity contribution in [2.75, 3.05) is 36.4 Å². The molecule has 7 heteroatoms. The number of hydrogen-bond acceptors (Lipinski definition) is 5. The fourth-order valence-corrected chi connectivity index (χ4v) is 2.87. The molecule has 0 unspecified atom stereocenters. The lowest BCUT2D eigenvalue weighted by molar-refractivity contribution is 0.102. The van der Waals surface area contributed by atoms with Crippen molar-refractivity contribution in [3.63, 3.8) is 0 Å². The van der Waals surface area contributed by atoms with E-state index in [-0.39, 0.29) is 5.91 Å². The predicted molar refractivity (Wildman–Crippen MR) is 93.4 cm³/mol. The lowest BCUT2D eigenvalue weighted by Gasteiger charge is -2.29. The van der Waals surface area contributed by atoms with Crippen LogP contribution in [-0.4, -0.2) is 47.3 Å². The zero-order valence-corrected chi connectivity index (χ0v) is 13.1. The van der Waals surface area contributed by atoms with Crippen LogP contribution in [0.2, 0.25) is 0 Å². The number of aromatic amines is 1. The van der Waals surface area contributed by atoms with Crippen molar-refractivity contribution in [1.82, 2.24) is 20.5 Å². The SMILES string of the molecule is O=C(Nc1n[nH]c2cccnc12)c1ccc(N2CCNCC2)cc1. The standard InChI is InChI=1S/C17H18N6O/c24-17(20-16-15-14(21-22-16)2-1-7-19-15)12-3-5-13(6-4-12)23-10-8-18-9-11-23/h1-7,18H,8-11H2,(H2,20,21,22,24). The number of benzene rings is 1. The summed E-state index contributed by atoms with van der Waals surface area (Å²) in [6, 6.07) is 11.3. The molecular formula is C17H18N6O. The molecule has 0 saturated carbocycles. The molecule has 3 heterocycles. The van der Waals surface area contributed by atoms with E-state index in [2.05, 4.69) is 30.7 Å². The minimum atomic E-state index is -0.194. The molecule has 1 aromatic carbocycles. The number of nitrogens with zero attached hydrogens (tertiary/aromatic N) is 3. The number of hydrogen-bond donors (Lipinski definition) is 3. The summed E-state index contributed by atoms with van der Waals surface area (Å²) in [5, 5.41) is 13.1. The highest BCUT2D eigenvalue weighted by Gasteiger charge is 2.14. The summed E-state index contributed by atoms with van der Waals surface area (Å²) in [4.78, 5) is 19.0. The number of piperazine rings is 1. The molecule has 24 heavy (non-hydrogen) atoms. The Morgan fingerprint density at radius 2 is 1.92 bits per heavy atom. The molecule has 2 aromatic heterocycles. The number of amides is 1. The predicted octanol–water partition coefficient (Wildman–Crippen LogP) is 1.62. The minimum Gasteiger partial charge on any atom is -0.369 e. The lowest BCUT2D eigenvalue weighted by atomic mass is 10.1. The molecule has 3 N–H and O–H groups in total. The third-order valence-corrected chi connectivity index (χ3v) is 4.16. The molecule has 122 valence electrons. The van der Waals surface area contributed by atoms with E-state index in [1.165, 1.54) is 0 Å². The van der Waals surface area contributed by atoms with Gasteiger partial charge < -0.3 is 15.5 Å². The topological polar surface area (TPSA) is 85.9 Å². The smallest absolute Gasteiger partial charge is 0.256 e. The number of carbonyl (C=O) groups is 1. The van der Waals surface area contributed by atoms with Gasteiger partial charge in [0.2, 0.25) is 0 Å². The lowest BCUT2D eigenvalue weighted by Crippen LogP contribution is -2.43. The normalized spacial score (nSPS) is 14.8. The molecule has 1 aliphatic heterocycles. The molecule has 1 aliphatic rings. The number of fused-ring (bicyclic) bond motifs is 1. The first-order chi connectivity index (χ1) is 11.8.